The Balaban J connectivity index is 2.08. The predicted octanol–water partition coefficient (Wildman–Crippen LogP) is 0.434. The lowest BCUT2D eigenvalue weighted by Crippen LogP contribution is -2.05. The third kappa shape index (κ3) is 1.71. The first kappa shape index (κ1) is 10.5. The van der Waals surface area contributed by atoms with Crippen molar-refractivity contribution >= 4 is 22.9 Å². The van der Waals surface area contributed by atoms with E-state index in [0.29, 0.717) is 17.7 Å². The Bertz CT molecular complexity index is 689. The van der Waals surface area contributed by atoms with Gasteiger partial charge >= 0.3 is 0 Å². The Morgan fingerprint density at radius 3 is 2.61 bits per heavy atom. The number of anilines is 2. The Morgan fingerprint density at radius 2 is 1.83 bits per heavy atom. The van der Waals surface area contributed by atoms with E-state index in [0.717, 1.165) is 5.56 Å². The SMILES string of the molecule is Nc1nc(N)c2nnn(Cc3ccccc3)c2n1. The van der Waals surface area contributed by atoms with Gasteiger partial charge in [-0.25, -0.2) is 4.68 Å². The average molecular weight is 241 g/mol. The fourth-order valence-electron chi connectivity index (χ4n) is 1.76. The van der Waals surface area contributed by atoms with Gasteiger partial charge in [0.25, 0.3) is 0 Å². The topological polar surface area (TPSA) is 109 Å². The molecule has 0 aliphatic heterocycles. The molecule has 3 aromatic rings. The molecular formula is C11H11N7. The summed E-state index contributed by atoms with van der Waals surface area (Å²) in [5.41, 5.74) is 13.4. The van der Waals surface area contributed by atoms with Crippen LogP contribution in [-0.4, -0.2) is 25.0 Å². The first-order valence-electron chi connectivity index (χ1n) is 5.40. The van der Waals surface area contributed by atoms with Crippen molar-refractivity contribution in [3.63, 3.8) is 0 Å². The monoisotopic (exact) mass is 241 g/mol. The third-order valence-corrected chi connectivity index (χ3v) is 2.58. The number of fused-ring (bicyclic) bond motifs is 1. The molecule has 0 spiro atoms. The summed E-state index contributed by atoms with van der Waals surface area (Å²) in [6.45, 7) is 0.563. The lowest BCUT2D eigenvalue weighted by Gasteiger charge is -2.02. The quantitative estimate of drug-likeness (QED) is 0.673. The summed E-state index contributed by atoms with van der Waals surface area (Å²) in [6, 6.07) is 9.89. The van der Waals surface area contributed by atoms with Gasteiger partial charge in [0.2, 0.25) is 5.95 Å². The van der Waals surface area contributed by atoms with Crippen LogP contribution in [0, 0.1) is 0 Å². The number of aromatic nitrogens is 5. The van der Waals surface area contributed by atoms with E-state index in [-0.39, 0.29) is 11.8 Å². The Hall–Kier alpha value is -2.70. The molecule has 0 saturated heterocycles. The van der Waals surface area contributed by atoms with E-state index in [9.17, 15) is 0 Å². The molecule has 90 valence electrons. The van der Waals surface area contributed by atoms with Crippen molar-refractivity contribution in [1.82, 2.24) is 25.0 Å². The molecular weight excluding hydrogens is 230 g/mol. The van der Waals surface area contributed by atoms with Gasteiger partial charge in [0.15, 0.2) is 17.0 Å². The van der Waals surface area contributed by atoms with Crippen LogP contribution in [0.15, 0.2) is 30.3 Å². The van der Waals surface area contributed by atoms with E-state index >= 15 is 0 Å². The van der Waals surface area contributed by atoms with E-state index in [1.807, 2.05) is 30.3 Å². The number of hydrogen-bond donors (Lipinski definition) is 2. The second-order valence-corrected chi connectivity index (χ2v) is 3.87. The molecule has 0 bridgehead atoms. The minimum absolute atomic E-state index is 0.122. The average Bonchev–Trinajstić information content (AvgIpc) is 2.74. The highest BCUT2D eigenvalue weighted by molar-refractivity contribution is 5.81. The number of nitrogen functional groups attached to an aromatic ring is 2. The molecule has 0 aliphatic rings. The molecule has 18 heavy (non-hydrogen) atoms. The highest BCUT2D eigenvalue weighted by atomic mass is 15.4. The van der Waals surface area contributed by atoms with E-state index in [2.05, 4.69) is 20.3 Å². The van der Waals surface area contributed by atoms with Crippen LogP contribution in [-0.2, 0) is 6.54 Å². The summed E-state index contributed by atoms with van der Waals surface area (Å²) in [5, 5.41) is 7.98. The summed E-state index contributed by atoms with van der Waals surface area (Å²) in [7, 11) is 0. The van der Waals surface area contributed by atoms with Crippen LogP contribution in [0.3, 0.4) is 0 Å². The largest absolute Gasteiger partial charge is 0.382 e. The number of rotatable bonds is 2. The van der Waals surface area contributed by atoms with Crippen molar-refractivity contribution in [3.8, 4) is 0 Å². The van der Waals surface area contributed by atoms with Crippen molar-refractivity contribution in [1.29, 1.82) is 0 Å². The highest BCUT2D eigenvalue weighted by Gasteiger charge is 2.11. The molecule has 3 rings (SSSR count). The molecule has 2 heterocycles. The molecule has 0 fully saturated rings. The molecule has 0 amide bonds. The minimum atomic E-state index is 0.122. The van der Waals surface area contributed by atoms with Crippen LogP contribution in [0.5, 0.6) is 0 Å². The second kappa shape index (κ2) is 3.95. The Kier molecular flexibility index (Phi) is 2.30. The van der Waals surface area contributed by atoms with E-state index in [4.69, 9.17) is 11.5 Å². The molecule has 2 aromatic heterocycles. The maximum absolute atomic E-state index is 5.72. The maximum atomic E-state index is 5.72. The van der Waals surface area contributed by atoms with Crippen LogP contribution in [0.4, 0.5) is 11.8 Å². The minimum Gasteiger partial charge on any atom is -0.382 e. The number of hydrogen-bond acceptors (Lipinski definition) is 6. The van der Waals surface area contributed by atoms with Crippen molar-refractivity contribution in [2.75, 3.05) is 11.5 Å². The van der Waals surface area contributed by atoms with Crippen molar-refractivity contribution < 1.29 is 0 Å². The normalized spacial score (nSPS) is 10.9. The van der Waals surface area contributed by atoms with Crippen molar-refractivity contribution in [2.24, 2.45) is 0 Å². The lowest BCUT2D eigenvalue weighted by atomic mass is 10.2. The zero-order valence-corrected chi connectivity index (χ0v) is 9.48. The van der Waals surface area contributed by atoms with Gasteiger partial charge in [0.1, 0.15) is 0 Å². The molecule has 0 unspecified atom stereocenters. The fourth-order valence-corrected chi connectivity index (χ4v) is 1.76. The van der Waals surface area contributed by atoms with E-state index in [1.54, 1.807) is 4.68 Å². The van der Waals surface area contributed by atoms with Crippen molar-refractivity contribution in [3.05, 3.63) is 35.9 Å². The summed E-state index contributed by atoms with van der Waals surface area (Å²) in [5.74, 6) is 0.369. The van der Waals surface area contributed by atoms with Crippen LogP contribution in [0.2, 0.25) is 0 Å². The molecule has 0 radical (unpaired) electrons. The van der Waals surface area contributed by atoms with Gasteiger partial charge in [-0.05, 0) is 5.56 Å². The van der Waals surface area contributed by atoms with Gasteiger partial charge < -0.3 is 11.5 Å². The summed E-state index contributed by atoms with van der Waals surface area (Å²) >= 11 is 0. The standard InChI is InChI=1S/C11H11N7/c12-9-8-10(15-11(13)14-9)18(17-16-8)6-7-4-2-1-3-5-7/h1-5H,6H2,(H4,12,13,14,15). The van der Waals surface area contributed by atoms with Crippen LogP contribution < -0.4 is 11.5 Å². The van der Waals surface area contributed by atoms with Crippen molar-refractivity contribution in [2.45, 2.75) is 6.54 Å². The molecule has 0 atom stereocenters. The van der Waals surface area contributed by atoms with Crippen LogP contribution in [0.25, 0.3) is 11.2 Å². The second-order valence-electron chi connectivity index (χ2n) is 3.87. The smallest absolute Gasteiger partial charge is 0.224 e. The summed E-state index contributed by atoms with van der Waals surface area (Å²) < 4.78 is 1.65. The van der Waals surface area contributed by atoms with E-state index in [1.165, 1.54) is 0 Å². The van der Waals surface area contributed by atoms with Gasteiger partial charge in [0, 0.05) is 0 Å². The molecule has 4 N–H and O–H groups in total. The van der Waals surface area contributed by atoms with Gasteiger partial charge in [-0.2, -0.15) is 9.97 Å². The first-order chi connectivity index (χ1) is 8.74. The molecule has 1 aromatic carbocycles. The lowest BCUT2D eigenvalue weighted by molar-refractivity contribution is 0.664. The zero-order valence-electron chi connectivity index (χ0n) is 9.48. The van der Waals surface area contributed by atoms with E-state index < -0.39 is 0 Å². The summed E-state index contributed by atoms with van der Waals surface area (Å²) in [4.78, 5) is 7.97. The number of nitrogens with zero attached hydrogens (tertiary/aromatic N) is 5. The molecule has 0 saturated carbocycles. The van der Waals surface area contributed by atoms with Crippen LogP contribution >= 0.6 is 0 Å². The number of nitrogens with two attached hydrogens (primary N) is 2. The number of benzene rings is 1. The van der Waals surface area contributed by atoms with Gasteiger partial charge in [0.05, 0.1) is 6.54 Å². The maximum Gasteiger partial charge on any atom is 0.224 e. The fraction of sp³-hybridized carbons (Fsp3) is 0.0909. The molecule has 7 nitrogen and oxygen atoms in total. The molecule has 7 heteroatoms. The predicted molar refractivity (Wildman–Crippen MR) is 67.5 cm³/mol. The third-order valence-electron chi connectivity index (χ3n) is 2.58. The highest BCUT2D eigenvalue weighted by Crippen LogP contribution is 2.16. The van der Waals surface area contributed by atoms with Gasteiger partial charge in [-0.3, -0.25) is 0 Å². The molecule has 0 aliphatic carbocycles. The Morgan fingerprint density at radius 1 is 1.06 bits per heavy atom. The first-order valence-corrected chi connectivity index (χ1v) is 5.40. The zero-order chi connectivity index (χ0) is 12.5. The Labute approximate surface area is 102 Å². The summed E-state index contributed by atoms with van der Waals surface area (Å²) in [6.07, 6.45) is 0. The van der Waals surface area contributed by atoms with Gasteiger partial charge in [-0.15, -0.1) is 5.10 Å². The van der Waals surface area contributed by atoms with Gasteiger partial charge in [-0.1, -0.05) is 35.5 Å². The van der Waals surface area contributed by atoms with Crippen LogP contribution in [0.1, 0.15) is 5.56 Å².